The lowest BCUT2D eigenvalue weighted by molar-refractivity contribution is -0.145. The zero-order valence-corrected chi connectivity index (χ0v) is 21.7. The van der Waals surface area contributed by atoms with Crippen molar-refractivity contribution in [3.05, 3.63) is 53.6 Å². The van der Waals surface area contributed by atoms with Gasteiger partial charge in [-0.2, -0.15) is 0 Å². The van der Waals surface area contributed by atoms with Crippen LogP contribution in [0.25, 0.3) is 0 Å². The number of halogens is 1. The highest BCUT2D eigenvalue weighted by molar-refractivity contribution is 7.92. The second-order valence-electron chi connectivity index (χ2n) is 9.05. The van der Waals surface area contributed by atoms with Gasteiger partial charge < -0.3 is 14.3 Å². The fourth-order valence-corrected chi connectivity index (χ4v) is 4.88. The summed E-state index contributed by atoms with van der Waals surface area (Å²) in [6.45, 7) is 9.49. The summed E-state index contributed by atoms with van der Waals surface area (Å²) in [7, 11) is -6.21. The largest absolute Gasteiger partial charge is 0.479 e. The monoisotopic (exact) mass is 499 g/mol. The number of ether oxygens (including phenoxy) is 1. The summed E-state index contributed by atoms with van der Waals surface area (Å²) in [5.41, 5.74) is 0.320. The van der Waals surface area contributed by atoms with Crippen molar-refractivity contribution in [1.82, 2.24) is 0 Å². The molecule has 1 atom stereocenters. The van der Waals surface area contributed by atoms with Crippen LogP contribution in [0.15, 0.2) is 48.5 Å². The first-order valence-electron chi connectivity index (χ1n) is 10.0. The minimum atomic E-state index is -3.76. The quantitative estimate of drug-likeness (QED) is 0.466. The molecule has 0 saturated heterocycles. The molecule has 0 aliphatic rings. The fraction of sp³-hybridized carbons (Fsp3) is 0.409. The van der Waals surface area contributed by atoms with Gasteiger partial charge in [0.25, 0.3) is 0 Å². The molecular formula is C22H30ClNO6SSi. The number of anilines is 1. The van der Waals surface area contributed by atoms with E-state index in [9.17, 15) is 18.3 Å². The van der Waals surface area contributed by atoms with Gasteiger partial charge in [-0.05, 0) is 66.7 Å². The van der Waals surface area contributed by atoms with Gasteiger partial charge in [-0.15, -0.1) is 0 Å². The zero-order chi connectivity index (χ0) is 24.3. The van der Waals surface area contributed by atoms with Gasteiger partial charge in [0, 0.05) is 5.02 Å². The number of benzene rings is 2. The van der Waals surface area contributed by atoms with E-state index in [4.69, 9.17) is 20.8 Å². The van der Waals surface area contributed by atoms with E-state index in [1.165, 1.54) is 0 Å². The molecule has 0 heterocycles. The second kappa shape index (κ2) is 9.82. The van der Waals surface area contributed by atoms with Crippen molar-refractivity contribution in [3.8, 4) is 11.5 Å². The Hall–Kier alpha value is -2.07. The lowest BCUT2D eigenvalue weighted by Crippen LogP contribution is -2.50. The lowest BCUT2D eigenvalue weighted by atomic mass is 10.2. The topological polar surface area (TPSA) is 93.1 Å². The van der Waals surface area contributed by atoms with Gasteiger partial charge in [-0.3, -0.25) is 4.31 Å². The van der Waals surface area contributed by atoms with Gasteiger partial charge in [-0.25, -0.2) is 13.2 Å². The summed E-state index contributed by atoms with van der Waals surface area (Å²) in [5, 5.41) is 10.1. The molecule has 1 N–H and O–H groups in total. The number of carbonyl (C=O) groups is 1. The van der Waals surface area contributed by atoms with Crippen LogP contribution in [0.5, 0.6) is 11.5 Å². The number of rotatable bonds is 9. The average molecular weight is 500 g/mol. The van der Waals surface area contributed by atoms with E-state index < -0.39 is 30.4 Å². The minimum Gasteiger partial charge on any atom is -0.479 e. The third kappa shape index (κ3) is 6.96. The van der Waals surface area contributed by atoms with Crippen LogP contribution < -0.4 is 9.04 Å². The summed E-state index contributed by atoms with van der Waals surface area (Å²) in [4.78, 5) is 11.9. The van der Waals surface area contributed by atoms with Crippen LogP contribution in [0, 0.1) is 0 Å². The molecule has 32 heavy (non-hydrogen) atoms. The van der Waals surface area contributed by atoms with E-state index in [1.54, 1.807) is 48.5 Å². The molecule has 0 bridgehead atoms. The highest BCUT2D eigenvalue weighted by Gasteiger charge is 2.41. The molecule has 0 amide bonds. The summed E-state index contributed by atoms with van der Waals surface area (Å²) >= 11 is 5.87. The molecule has 10 heteroatoms. The Bertz CT molecular complexity index is 1030. The number of carboxylic acid groups (broad SMARTS) is 1. The van der Waals surface area contributed by atoms with Crippen molar-refractivity contribution in [1.29, 1.82) is 0 Å². The molecule has 0 aromatic heterocycles. The van der Waals surface area contributed by atoms with Crippen LogP contribution in [-0.2, 0) is 19.2 Å². The van der Waals surface area contributed by atoms with Crippen molar-refractivity contribution in [2.75, 3.05) is 17.1 Å². The van der Waals surface area contributed by atoms with E-state index in [0.29, 0.717) is 22.2 Å². The average Bonchev–Trinajstić information content (AvgIpc) is 2.65. The minimum absolute atomic E-state index is 0.225. The van der Waals surface area contributed by atoms with E-state index in [2.05, 4.69) is 0 Å². The molecule has 176 valence electrons. The van der Waals surface area contributed by atoms with Crippen molar-refractivity contribution < 1.29 is 27.5 Å². The maximum Gasteiger partial charge on any atom is 0.333 e. The zero-order valence-electron chi connectivity index (χ0n) is 19.1. The van der Waals surface area contributed by atoms with Crippen LogP contribution in [0.2, 0.25) is 23.2 Å². The molecule has 0 fully saturated rings. The van der Waals surface area contributed by atoms with Gasteiger partial charge >= 0.3 is 5.97 Å². The first-order valence-corrected chi connectivity index (χ1v) is 15.2. The van der Waals surface area contributed by atoms with Crippen LogP contribution in [0.4, 0.5) is 5.69 Å². The number of carboxylic acids is 1. The summed E-state index contributed by atoms with van der Waals surface area (Å²) in [6, 6.07) is 13.2. The highest BCUT2D eigenvalue weighted by Crippen LogP contribution is 2.37. The summed E-state index contributed by atoms with van der Waals surface area (Å²) in [6.07, 6.45) is -0.258. The Kier molecular flexibility index (Phi) is 8.04. The van der Waals surface area contributed by atoms with Crippen LogP contribution in [0.3, 0.4) is 0 Å². The third-order valence-electron chi connectivity index (χ3n) is 5.42. The van der Waals surface area contributed by atoms with E-state index >= 15 is 0 Å². The smallest absolute Gasteiger partial charge is 0.333 e. The van der Waals surface area contributed by atoms with E-state index in [0.717, 1.165) is 10.6 Å². The highest BCUT2D eigenvalue weighted by atomic mass is 35.5. The Morgan fingerprint density at radius 3 is 1.94 bits per heavy atom. The molecule has 0 saturated carbocycles. The predicted octanol–water partition coefficient (Wildman–Crippen LogP) is 5.37. The van der Waals surface area contributed by atoms with Gasteiger partial charge in [0.1, 0.15) is 11.5 Å². The first kappa shape index (κ1) is 26.2. The third-order valence-corrected chi connectivity index (χ3v) is 11.3. The number of sulfonamides is 1. The predicted molar refractivity (Wildman–Crippen MR) is 130 cm³/mol. The maximum absolute atomic E-state index is 12.5. The second-order valence-corrected chi connectivity index (χ2v) is 16.1. The van der Waals surface area contributed by atoms with Gasteiger partial charge in [0.2, 0.25) is 10.0 Å². The Labute approximate surface area is 196 Å². The van der Waals surface area contributed by atoms with Crippen LogP contribution in [0.1, 0.15) is 20.8 Å². The molecule has 0 radical (unpaired) electrons. The molecule has 0 spiro atoms. The lowest BCUT2D eigenvalue weighted by Gasteiger charge is -2.39. The number of aliphatic carboxylic acids is 1. The summed E-state index contributed by atoms with van der Waals surface area (Å²) in [5.74, 6) is -0.126. The molecule has 7 nitrogen and oxygen atoms in total. The SMILES string of the molecule is CC(C)(C)[Si](C)(C)O[C@@H](CN(c1ccc(Oc2ccc(Cl)cc2)cc1)S(C)(=O)=O)C(=O)O. The molecule has 2 rings (SSSR count). The molecule has 2 aromatic rings. The van der Waals surface area contributed by atoms with Crippen LogP contribution >= 0.6 is 11.6 Å². The number of hydrogen-bond acceptors (Lipinski definition) is 5. The molecule has 2 aromatic carbocycles. The van der Waals surface area contributed by atoms with Crippen LogP contribution in [-0.4, -0.2) is 46.7 Å². The molecule has 0 aliphatic carbocycles. The van der Waals surface area contributed by atoms with E-state index in [1.807, 2.05) is 33.9 Å². The maximum atomic E-state index is 12.5. The molecular weight excluding hydrogens is 470 g/mol. The van der Waals surface area contributed by atoms with Crippen molar-refractivity contribution in [3.63, 3.8) is 0 Å². The van der Waals surface area contributed by atoms with Crippen molar-refractivity contribution >= 4 is 41.6 Å². The molecule has 0 aliphatic heterocycles. The van der Waals surface area contributed by atoms with Gasteiger partial charge in [-0.1, -0.05) is 32.4 Å². The van der Waals surface area contributed by atoms with Crippen molar-refractivity contribution in [2.45, 2.75) is 45.0 Å². The van der Waals surface area contributed by atoms with Gasteiger partial charge in [0.15, 0.2) is 14.4 Å². The Balaban J connectivity index is 2.27. The Morgan fingerprint density at radius 1 is 1.06 bits per heavy atom. The van der Waals surface area contributed by atoms with Crippen molar-refractivity contribution in [2.24, 2.45) is 0 Å². The molecule has 0 unspecified atom stereocenters. The van der Waals surface area contributed by atoms with E-state index in [-0.39, 0.29) is 11.6 Å². The standard InChI is InChI=1S/C22H30ClNO6SSi/c1-22(2,3)32(5,6)30-20(21(25)26)15-24(31(4,27)28)17-9-13-19(14-10-17)29-18-11-7-16(23)8-12-18/h7-14,20H,15H2,1-6H3,(H,25,26)/t20-/m0/s1. The number of hydrogen-bond donors (Lipinski definition) is 1. The fourth-order valence-electron chi connectivity index (χ4n) is 2.60. The Morgan fingerprint density at radius 2 is 1.53 bits per heavy atom. The van der Waals surface area contributed by atoms with Gasteiger partial charge in [0.05, 0.1) is 18.5 Å². The normalized spacial score (nSPS) is 13.5. The first-order chi connectivity index (χ1) is 14.6. The summed E-state index contributed by atoms with van der Waals surface area (Å²) < 4.78 is 37.8. The number of nitrogens with zero attached hydrogens (tertiary/aromatic N) is 1.